The summed E-state index contributed by atoms with van der Waals surface area (Å²) < 4.78 is 0. The van der Waals surface area contributed by atoms with Crippen LogP contribution in [0.15, 0.2) is 0 Å². The van der Waals surface area contributed by atoms with Gasteiger partial charge < -0.3 is 10.6 Å². The number of hydrogen-bond acceptors (Lipinski definition) is 6. The van der Waals surface area contributed by atoms with Gasteiger partial charge in [-0.2, -0.15) is 15.0 Å². The Morgan fingerprint density at radius 1 is 1.16 bits per heavy atom. The van der Waals surface area contributed by atoms with E-state index in [1.54, 1.807) is 7.05 Å². The van der Waals surface area contributed by atoms with Crippen molar-refractivity contribution >= 4 is 23.5 Å². The van der Waals surface area contributed by atoms with Gasteiger partial charge in [-0.3, -0.25) is 4.90 Å². The second-order valence-corrected chi connectivity index (χ2v) is 5.17. The van der Waals surface area contributed by atoms with E-state index < -0.39 is 0 Å². The number of likely N-dealkylation sites (tertiary alicyclic amines) is 1. The molecule has 0 radical (unpaired) electrons. The van der Waals surface area contributed by atoms with Crippen LogP contribution in [0.3, 0.4) is 0 Å². The van der Waals surface area contributed by atoms with Crippen LogP contribution in [-0.4, -0.2) is 52.6 Å². The van der Waals surface area contributed by atoms with Gasteiger partial charge in [-0.05, 0) is 44.5 Å². The monoisotopic (exact) mass is 284 g/mol. The fraction of sp³-hybridized carbons (Fsp3) is 0.750. The first kappa shape index (κ1) is 14.3. The van der Waals surface area contributed by atoms with Crippen molar-refractivity contribution in [2.24, 2.45) is 0 Å². The highest BCUT2D eigenvalue weighted by molar-refractivity contribution is 6.28. The number of rotatable bonds is 5. The van der Waals surface area contributed by atoms with Gasteiger partial charge in [0.15, 0.2) is 0 Å². The van der Waals surface area contributed by atoms with Crippen molar-refractivity contribution in [1.29, 1.82) is 0 Å². The highest BCUT2D eigenvalue weighted by Gasteiger charge is 2.16. The summed E-state index contributed by atoms with van der Waals surface area (Å²) in [4.78, 5) is 14.7. The number of nitrogens with one attached hydrogen (secondary N) is 2. The SMILES string of the molecule is CNc1nc(Cl)nc(NCC(C)N2CCCCC2)n1. The van der Waals surface area contributed by atoms with Crippen LogP contribution in [0.25, 0.3) is 0 Å². The molecule has 1 atom stereocenters. The van der Waals surface area contributed by atoms with Gasteiger partial charge in [0.25, 0.3) is 0 Å². The quantitative estimate of drug-likeness (QED) is 0.860. The maximum Gasteiger partial charge on any atom is 0.228 e. The number of anilines is 2. The fourth-order valence-electron chi connectivity index (χ4n) is 2.27. The Balaban J connectivity index is 1.88. The third kappa shape index (κ3) is 4.18. The molecule has 1 saturated heterocycles. The van der Waals surface area contributed by atoms with Gasteiger partial charge in [-0.25, -0.2) is 0 Å². The van der Waals surface area contributed by atoms with E-state index in [0.29, 0.717) is 17.9 Å². The Hall–Kier alpha value is -1.14. The van der Waals surface area contributed by atoms with E-state index in [1.807, 2.05) is 0 Å². The van der Waals surface area contributed by atoms with Crippen molar-refractivity contribution in [3.05, 3.63) is 5.28 Å². The lowest BCUT2D eigenvalue weighted by molar-refractivity contribution is 0.180. The summed E-state index contributed by atoms with van der Waals surface area (Å²) in [6.07, 6.45) is 3.95. The standard InChI is InChI=1S/C12H21ClN6/c1-9(19-6-4-3-5-7-19)8-15-12-17-10(13)16-11(14-2)18-12/h9H,3-8H2,1-2H3,(H2,14,15,16,17,18). The zero-order valence-electron chi connectivity index (χ0n) is 11.5. The number of nitrogens with zero attached hydrogens (tertiary/aromatic N) is 4. The molecule has 2 rings (SSSR count). The number of hydrogen-bond donors (Lipinski definition) is 2. The van der Waals surface area contributed by atoms with E-state index in [1.165, 1.54) is 32.4 Å². The molecule has 0 spiro atoms. The highest BCUT2D eigenvalue weighted by Crippen LogP contribution is 2.13. The minimum atomic E-state index is 0.201. The van der Waals surface area contributed by atoms with E-state index in [9.17, 15) is 0 Å². The summed E-state index contributed by atoms with van der Waals surface area (Å²) in [5, 5.41) is 6.29. The molecule has 0 aliphatic carbocycles. The van der Waals surface area contributed by atoms with Crippen molar-refractivity contribution in [3.63, 3.8) is 0 Å². The van der Waals surface area contributed by atoms with Crippen LogP contribution in [0.5, 0.6) is 0 Å². The third-order valence-corrected chi connectivity index (χ3v) is 3.57. The zero-order valence-corrected chi connectivity index (χ0v) is 12.2. The summed E-state index contributed by atoms with van der Waals surface area (Å²) in [5.74, 6) is 1.00. The molecule has 1 aromatic heterocycles. The average Bonchev–Trinajstić information content (AvgIpc) is 2.45. The molecular weight excluding hydrogens is 264 g/mol. The van der Waals surface area contributed by atoms with E-state index in [2.05, 4.69) is 37.4 Å². The number of piperidine rings is 1. The lowest BCUT2D eigenvalue weighted by atomic mass is 10.1. The minimum absolute atomic E-state index is 0.201. The topological polar surface area (TPSA) is 66.0 Å². The van der Waals surface area contributed by atoms with Gasteiger partial charge >= 0.3 is 0 Å². The first-order chi connectivity index (χ1) is 9.19. The van der Waals surface area contributed by atoms with Crippen LogP contribution in [0.2, 0.25) is 5.28 Å². The maximum absolute atomic E-state index is 5.84. The summed E-state index contributed by atoms with van der Waals surface area (Å²) in [7, 11) is 1.76. The molecule has 1 aliphatic rings. The van der Waals surface area contributed by atoms with Gasteiger partial charge in [0.05, 0.1) is 0 Å². The molecular formula is C12H21ClN6. The summed E-state index contributed by atoms with van der Waals surface area (Å²) >= 11 is 5.84. The Labute approximate surface area is 119 Å². The van der Waals surface area contributed by atoms with Crippen LogP contribution >= 0.6 is 11.6 Å². The number of aromatic nitrogens is 3. The summed E-state index contributed by atoms with van der Waals surface area (Å²) in [6.45, 7) is 5.40. The maximum atomic E-state index is 5.84. The van der Waals surface area contributed by atoms with Gasteiger partial charge in [0.2, 0.25) is 17.2 Å². The minimum Gasteiger partial charge on any atom is -0.357 e. The molecule has 6 nitrogen and oxygen atoms in total. The second kappa shape index (κ2) is 6.86. The first-order valence-electron chi connectivity index (χ1n) is 6.76. The molecule has 1 aromatic rings. The van der Waals surface area contributed by atoms with Crippen LogP contribution in [0.4, 0.5) is 11.9 Å². The Morgan fingerprint density at radius 3 is 2.53 bits per heavy atom. The molecule has 2 N–H and O–H groups in total. The van der Waals surface area contributed by atoms with Gasteiger partial charge in [-0.15, -0.1) is 0 Å². The first-order valence-corrected chi connectivity index (χ1v) is 7.14. The van der Waals surface area contributed by atoms with Crippen molar-refractivity contribution < 1.29 is 0 Å². The molecule has 0 saturated carbocycles. The molecule has 1 aliphatic heterocycles. The molecule has 1 unspecified atom stereocenters. The Bertz CT molecular complexity index is 407. The third-order valence-electron chi connectivity index (χ3n) is 3.40. The lowest BCUT2D eigenvalue weighted by Crippen LogP contribution is -2.41. The predicted octanol–water partition coefficient (Wildman–Crippen LogP) is 1.85. The van der Waals surface area contributed by atoms with Crippen molar-refractivity contribution in [3.8, 4) is 0 Å². The molecule has 0 bridgehead atoms. The molecule has 1 fully saturated rings. The predicted molar refractivity (Wildman–Crippen MR) is 77.8 cm³/mol. The molecule has 2 heterocycles. The van der Waals surface area contributed by atoms with E-state index >= 15 is 0 Å². The summed E-state index contributed by atoms with van der Waals surface area (Å²) in [6, 6.07) is 0.467. The lowest BCUT2D eigenvalue weighted by Gasteiger charge is -2.32. The fourth-order valence-corrected chi connectivity index (χ4v) is 2.43. The van der Waals surface area contributed by atoms with Gasteiger partial charge in [0.1, 0.15) is 0 Å². The van der Waals surface area contributed by atoms with Gasteiger partial charge in [-0.1, -0.05) is 6.42 Å². The van der Waals surface area contributed by atoms with E-state index in [0.717, 1.165) is 6.54 Å². The van der Waals surface area contributed by atoms with Crippen LogP contribution in [0, 0.1) is 0 Å². The van der Waals surface area contributed by atoms with Crippen molar-refractivity contribution in [2.45, 2.75) is 32.2 Å². The second-order valence-electron chi connectivity index (χ2n) is 4.83. The molecule has 0 amide bonds. The van der Waals surface area contributed by atoms with Crippen molar-refractivity contribution in [1.82, 2.24) is 19.9 Å². The zero-order chi connectivity index (χ0) is 13.7. The Kier molecular flexibility index (Phi) is 5.15. The number of halogens is 1. The normalized spacial score (nSPS) is 18.1. The van der Waals surface area contributed by atoms with Crippen LogP contribution < -0.4 is 10.6 Å². The molecule has 19 heavy (non-hydrogen) atoms. The van der Waals surface area contributed by atoms with E-state index in [4.69, 9.17) is 11.6 Å². The largest absolute Gasteiger partial charge is 0.357 e. The average molecular weight is 285 g/mol. The van der Waals surface area contributed by atoms with E-state index in [-0.39, 0.29) is 5.28 Å². The molecule has 106 valence electrons. The van der Waals surface area contributed by atoms with Gasteiger partial charge in [0, 0.05) is 19.6 Å². The van der Waals surface area contributed by atoms with Crippen molar-refractivity contribution in [2.75, 3.05) is 37.3 Å². The molecule has 0 aromatic carbocycles. The molecule has 7 heteroatoms. The van der Waals surface area contributed by atoms with Crippen LogP contribution in [-0.2, 0) is 0 Å². The highest BCUT2D eigenvalue weighted by atomic mass is 35.5. The summed E-state index contributed by atoms with van der Waals surface area (Å²) in [5.41, 5.74) is 0. The smallest absolute Gasteiger partial charge is 0.228 e. The Morgan fingerprint density at radius 2 is 1.84 bits per heavy atom. The van der Waals surface area contributed by atoms with Crippen LogP contribution in [0.1, 0.15) is 26.2 Å².